The van der Waals surface area contributed by atoms with Crippen LogP contribution in [0.1, 0.15) is 18.9 Å². The summed E-state index contributed by atoms with van der Waals surface area (Å²) in [5.74, 6) is 1.92. The second kappa shape index (κ2) is 5.10. The van der Waals surface area contributed by atoms with E-state index in [4.69, 9.17) is 14.2 Å². The molecule has 0 saturated heterocycles. The highest BCUT2D eigenvalue weighted by Crippen LogP contribution is 2.38. The molecule has 4 nitrogen and oxygen atoms in total. The van der Waals surface area contributed by atoms with Crippen molar-refractivity contribution in [2.75, 3.05) is 13.4 Å². The first-order valence-electron chi connectivity index (χ1n) is 5.57. The van der Waals surface area contributed by atoms with Crippen LogP contribution in [0, 0.1) is 0 Å². The molecular formula is C13H16O4. The van der Waals surface area contributed by atoms with Crippen LogP contribution in [0.4, 0.5) is 0 Å². The van der Waals surface area contributed by atoms with Crippen LogP contribution in [-0.2, 0) is 6.61 Å². The fourth-order valence-corrected chi connectivity index (χ4v) is 1.51. The summed E-state index contributed by atoms with van der Waals surface area (Å²) in [6, 6.07) is 3.49. The largest absolute Gasteiger partial charge is 0.489 e. The van der Waals surface area contributed by atoms with Gasteiger partial charge in [-0.15, -0.1) is 0 Å². The molecule has 0 aromatic heterocycles. The van der Waals surface area contributed by atoms with E-state index in [0.29, 0.717) is 29.4 Å². The maximum absolute atomic E-state index is 9.27. The van der Waals surface area contributed by atoms with E-state index in [1.165, 1.54) is 0 Å². The molecule has 0 bridgehead atoms. The number of rotatable bonds is 5. The first-order chi connectivity index (χ1) is 8.24. The van der Waals surface area contributed by atoms with E-state index >= 15 is 0 Å². The molecule has 0 amide bonds. The van der Waals surface area contributed by atoms with E-state index < -0.39 is 0 Å². The quantitative estimate of drug-likeness (QED) is 0.796. The summed E-state index contributed by atoms with van der Waals surface area (Å²) < 4.78 is 16.1. The zero-order chi connectivity index (χ0) is 12.3. The standard InChI is InChI=1S/C13H16O4/c1-3-9(2)7-15-11-5-13-12(16-8-17-13)4-10(11)6-14/h4-5,14H,2-3,6-8H2,1H3. The molecule has 17 heavy (non-hydrogen) atoms. The Balaban J connectivity index is 2.17. The third kappa shape index (κ3) is 2.53. The molecule has 0 spiro atoms. The lowest BCUT2D eigenvalue weighted by atomic mass is 10.2. The Labute approximate surface area is 100 Å². The Bertz CT molecular complexity index is 426. The molecule has 1 aliphatic rings. The van der Waals surface area contributed by atoms with Crippen LogP contribution < -0.4 is 14.2 Å². The Hall–Kier alpha value is -1.68. The highest BCUT2D eigenvalue weighted by Gasteiger charge is 2.17. The summed E-state index contributed by atoms with van der Waals surface area (Å²) in [4.78, 5) is 0. The van der Waals surface area contributed by atoms with Crippen molar-refractivity contribution in [3.63, 3.8) is 0 Å². The molecular weight excluding hydrogens is 220 g/mol. The molecule has 0 aliphatic carbocycles. The topological polar surface area (TPSA) is 47.9 Å². The zero-order valence-electron chi connectivity index (χ0n) is 9.86. The van der Waals surface area contributed by atoms with E-state index in [1.807, 2.05) is 6.92 Å². The fourth-order valence-electron chi connectivity index (χ4n) is 1.51. The van der Waals surface area contributed by atoms with Crippen LogP contribution >= 0.6 is 0 Å². The first kappa shape index (κ1) is 11.8. The third-order valence-electron chi connectivity index (χ3n) is 2.66. The van der Waals surface area contributed by atoms with Gasteiger partial charge < -0.3 is 19.3 Å². The van der Waals surface area contributed by atoms with E-state index in [1.54, 1.807) is 12.1 Å². The van der Waals surface area contributed by atoms with Gasteiger partial charge in [0.2, 0.25) is 6.79 Å². The Kier molecular flexibility index (Phi) is 3.54. The van der Waals surface area contributed by atoms with Gasteiger partial charge in [-0.1, -0.05) is 13.5 Å². The SMILES string of the molecule is C=C(CC)COc1cc2c(cc1CO)OCO2. The van der Waals surface area contributed by atoms with Crippen LogP contribution in [0.15, 0.2) is 24.3 Å². The molecule has 0 saturated carbocycles. The number of aliphatic hydroxyl groups excluding tert-OH is 1. The van der Waals surface area contributed by atoms with Gasteiger partial charge in [-0.05, 0) is 18.1 Å². The number of fused-ring (bicyclic) bond motifs is 1. The van der Waals surface area contributed by atoms with Crippen molar-refractivity contribution < 1.29 is 19.3 Å². The summed E-state index contributed by atoms with van der Waals surface area (Å²) in [6.45, 7) is 6.47. The lowest BCUT2D eigenvalue weighted by molar-refractivity contribution is 0.173. The monoisotopic (exact) mass is 236 g/mol. The minimum Gasteiger partial charge on any atom is -0.489 e. The van der Waals surface area contributed by atoms with Gasteiger partial charge in [-0.25, -0.2) is 0 Å². The number of hydrogen-bond acceptors (Lipinski definition) is 4. The van der Waals surface area contributed by atoms with Crippen molar-refractivity contribution in [2.24, 2.45) is 0 Å². The van der Waals surface area contributed by atoms with Gasteiger partial charge in [-0.2, -0.15) is 0 Å². The maximum Gasteiger partial charge on any atom is 0.231 e. The van der Waals surface area contributed by atoms with Gasteiger partial charge >= 0.3 is 0 Å². The lowest BCUT2D eigenvalue weighted by Crippen LogP contribution is -2.02. The normalized spacial score (nSPS) is 12.6. The second-order valence-corrected chi connectivity index (χ2v) is 3.86. The first-order valence-corrected chi connectivity index (χ1v) is 5.57. The van der Waals surface area contributed by atoms with Crippen molar-refractivity contribution in [1.29, 1.82) is 0 Å². The molecule has 92 valence electrons. The summed E-state index contributed by atoms with van der Waals surface area (Å²) >= 11 is 0. The molecule has 1 aromatic rings. The highest BCUT2D eigenvalue weighted by molar-refractivity contribution is 5.51. The number of aliphatic hydroxyl groups is 1. The molecule has 0 atom stereocenters. The smallest absolute Gasteiger partial charge is 0.231 e. The molecule has 0 unspecified atom stereocenters. The van der Waals surface area contributed by atoms with Crippen LogP contribution in [0.3, 0.4) is 0 Å². The van der Waals surface area contributed by atoms with Crippen LogP contribution in [0.25, 0.3) is 0 Å². The van der Waals surface area contributed by atoms with Crippen LogP contribution in [0.2, 0.25) is 0 Å². The van der Waals surface area contributed by atoms with Crippen molar-refractivity contribution in [1.82, 2.24) is 0 Å². The van der Waals surface area contributed by atoms with Gasteiger partial charge in [0.25, 0.3) is 0 Å². The van der Waals surface area contributed by atoms with E-state index in [-0.39, 0.29) is 13.4 Å². The average Bonchev–Trinajstić information content (AvgIpc) is 2.81. The van der Waals surface area contributed by atoms with Crippen molar-refractivity contribution >= 4 is 0 Å². The second-order valence-electron chi connectivity index (χ2n) is 3.86. The van der Waals surface area contributed by atoms with Crippen LogP contribution in [-0.4, -0.2) is 18.5 Å². The van der Waals surface area contributed by atoms with Gasteiger partial charge in [0.05, 0.1) is 6.61 Å². The predicted octanol–water partition coefficient (Wildman–Crippen LogP) is 2.25. The molecule has 1 N–H and O–H groups in total. The summed E-state index contributed by atoms with van der Waals surface area (Å²) in [7, 11) is 0. The summed E-state index contributed by atoms with van der Waals surface area (Å²) in [5, 5.41) is 9.27. The van der Waals surface area contributed by atoms with E-state index in [9.17, 15) is 5.11 Å². The molecule has 1 heterocycles. The molecule has 2 rings (SSSR count). The van der Waals surface area contributed by atoms with Gasteiger partial charge in [0, 0.05) is 11.6 Å². The molecule has 1 aromatic carbocycles. The van der Waals surface area contributed by atoms with Gasteiger partial charge in [-0.3, -0.25) is 0 Å². The Morgan fingerprint density at radius 2 is 2.12 bits per heavy atom. The molecule has 0 fully saturated rings. The van der Waals surface area contributed by atoms with Crippen LogP contribution in [0.5, 0.6) is 17.2 Å². The zero-order valence-corrected chi connectivity index (χ0v) is 9.86. The molecule has 4 heteroatoms. The summed E-state index contributed by atoms with van der Waals surface area (Å²) in [6.07, 6.45) is 0.874. The lowest BCUT2D eigenvalue weighted by Gasteiger charge is -2.11. The minimum atomic E-state index is -0.0927. The predicted molar refractivity (Wildman–Crippen MR) is 63.4 cm³/mol. The Morgan fingerprint density at radius 1 is 1.41 bits per heavy atom. The molecule has 0 radical (unpaired) electrons. The van der Waals surface area contributed by atoms with Crippen molar-refractivity contribution in [2.45, 2.75) is 20.0 Å². The molecule has 1 aliphatic heterocycles. The van der Waals surface area contributed by atoms with E-state index in [0.717, 1.165) is 12.0 Å². The van der Waals surface area contributed by atoms with Crippen molar-refractivity contribution in [3.05, 3.63) is 29.8 Å². The Morgan fingerprint density at radius 3 is 2.76 bits per heavy atom. The fraction of sp³-hybridized carbons (Fsp3) is 0.385. The van der Waals surface area contributed by atoms with E-state index in [2.05, 4.69) is 6.58 Å². The summed E-state index contributed by atoms with van der Waals surface area (Å²) in [5.41, 5.74) is 1.70. The van der Waals surface area contributed by atoms with Crippen molar-refractivity contribution in [3.8, 4) is 17.2 Å². The van der Waals surface area contributed by atoms with Gasteiger partial charge in [0.15, 0.2) is 11.5 Å². The highest BCUT2D eigenvalue weighted by atomic mass is 16.7. The number of hydrogen-bond donors (Lipinski definition) is 1. The number of ether oxygens (including phenoxy) is 3. The maximum atomic E-state index is 9.27. The minimum absolute atomic E-state index is 0.0927. The average molecular weight is 236 g/mol. The third-order valence-corrected chi connectivity index (χ3v) is 2.66. The number of benzene rings is 1. The van der Waals surface area contributed by atoms with Gasteiger partial charge in [0.1, 0.15) is 12.4 Å².